The first-order valence-corrected chi connectivity index (χ1v) is 3.19. The predicted molar refractivity (Wildman–Crippen MR) is 38.7 cm³/mol. The Balaban J connectivity index is 2.75. The molecule has 1 aromatic rings. The molecule has 0 aliphatic rings. The molecule has 1 amide bonds. The number of aromatic nitrogens is 1. The van der Waals surface area contributed by atoms with Crippen LogP contribution in [0.1, 0.15) is 10.5 Å². The monoisotopic (exact) mass is 170 g/mol. The van der Waals surface area contributed by atoms with Crippen LogP contribution < -0.4 is 5.48 Å². The van der Waals surface area contributed by atoms with Crippen LogP contribution in [0, 0.1) is 5.82 Å². The van der Waals surface area contributed by atoms with E-state index in [1.165, 1.54) is 13.2 Å². The Kier molecular flexibility index (Phi) is 2.71. The second-order valence-electron chi connectivity index (χ2n) is 2.00. The third-order valence-electron chi connectivity index (χ3n) is 1.15. The zero-order valence-corrected chi connectivity index (χ0v) is 6.37. The molecular weight excluding hydrogens is 163 g/mol. The molecule has 0 saturated carbocycles. The lowest BCUT2D eigenvalue weighted by molar-refractivity contribution is 0.0532. The van der Waals surface area contributed by atoms with Crippen molar-refractivity contribution in [3.8, 4) is 0 Å². The molecule has 5 heteroatoms. The molecule has 0 radical (unpaired) electrons. The second kappa shape index (κ2) is 3.77. The quantitative estimate of drug-likeness (QED) is 0.658. The molecule has 12 heavy (non-hydrogen) atoms. The van der Waals surface area contributed by atoms with E-state index in [9.17, 15) is 9.18 Å². The van der Waals surface area contributed by atoms with Crippen molar-refractivity contribution < 1.29 is 14.0 Å². The zero-order chi connectivity index (χ0) is 8.97. The van der Waals surface area contributed by atoms with Crippen LogP contribution in [0.3, 0.4) is 0 Å². The van der Waals surface area contributed by atoms with E-state index in [1.807, 2.05) is 0 Å². The Bertz CT molecular complexity index is 273. The van der Waals surface area contributed by atoms with Crippen LogP contribution >= 0.6 is 0 Å². The number of hydrogen-bond acceptors (Lipinski definition) is 3. The topological polar surface area (TPSA) is 51.2 Å². The SMILES string of the molecule is CONC(=O)c1ccc(F)cn1. The van der Waals surface area contributed by atoms with Gasteiger partial charge in [-0.05, 0) is 12.1 Å². The maximum absolute atomic E-state index is 12.3. The Morgan fingerprint density at radius 2 is 2.42 bits per heavy atom. The number of amides is 1. The summed E-state index contributed by atoms with van der Waals surface area (Å²) in [6.07, 6.45) is 0.963. The van der Waals surface area contributed by atoms with Gasteiger partial charge in [-0.3, -0.25) is 9.63 Å². The van der Waals surface area contributed by atoms with Crippen molar-refractivity contribution in [2.75, 3.05) is 7.11 Å². The largest absolute Gasteiger partial charge is 0.293 e. The summed E-state index contributed by atoms with van der Waals surface area (Å²) in [6.45, 7) is 0. The third kappa shape index (κ3) is 2.00. The first kappa shape index (κ1) is 8.61. The van der Waals surface area contributed by atoms with Crippen LogP contribution in [0.2, 0.25) is 0 Å². The van der Waals surface area contributed by atoms with Gasteiger partial charge in [0.2, 0.25) is 0 Å². The van der Waals surface area contributed by atoms with Crippen molar-refractivity contribution in [2.45, 2.75) is 0 Å². The number of hydroxylamine groups is 1. The highest BCUT2D eigenvalue weighted by atomic mass is 19.1. The summed E-state index contributed by atoms with van der Waals surface area (Å²) in [5, 5.41) is 0. The Hall–Kier alpha value is -1.49. The van der Waals surface area contributed by atoms with Gasteiger partial charge in [0.1, 0.15) is 11.5 Å². The normalized spacial score (nSPS) is 9.50. The molecule has 4 nitrogen and oxygen atoms in total. The van der Waals surface area contributed by atoms with E-state index in [1.54, 1.807) is 0 Å². The molecule has 0 fully saturated rings. The van der Waals surface area contributed by atoms with E-state index < -0.39 is 11.7 Å². The molecule has 0 bridgehead atoms. The maximum Gasteiger partial charge on any atom is 0.293 e. The highest BCUT2D eigenvalue weighted by Gasteiger charge is 2.04. The number of carbonyl (C=O) groups excluding carboxylic acids is 1. The molecule has 0 spiro atoms. The number of carbonyl (C=O) groups is 1. The van der Waals surface area contributed by atoms with Crippen molar-refractivity contribution in [2.24, 2.45) is 0 Å². The number of nitrogens with one attached hydrogen (secondary N) is 1. The Labute approximate surface area is 68.3 Å². The van der Waals surface area contributed by atoms with Crippen LogP contribution in [-0.4, -0.2) is 18.0 Å². The summed E-state index contributed by atoms with van der Waals surface area (Å²) in [6, 6.07) is 2.42. The van der Waals surface area contributed by atoms with Crippen LogP contribution in [0.15, 0.2) is 18.3 Å². The van der Waals surface area contributed by atoms with Gasteiger partial charge < -0.3 is 0 Å². The Morgan fingerprint density at radius 3 is 2.92 bits per heavy atom. The standard InChI is InChI=1S/C7H7FN2O2/c1-12-10-7(11)6-3-2-5(8)4-9-6/h2-4H,1H3,(H,10,11). The van der Waals surface area contributed by atoms with Crippen LogP contribution in [0.4, 0.5) is 4.39 Å². The van der Waals surface area contributed by atoms with E-state index in [2.05, 4.69) is 15.3 Å². The van der Waals surface area contributed by atoms with Crippen molar-refractivity contribution in [1.82, 2.24) is 10.5 Å². The number of halogens is 1. The van der Waals surface area contributed by atoms with Crippen LogP contribution in [0.5, 0.6) is 0 Å². The molecule has 0 aromatic carbocycles. The third-order valence-corrected chi connectivity index (χ3v) is 1.15. The number of hydrogen-bond donors (Lipinski definition) is 1. The van der Waals surface area contributed by atoms with Gasteiger partial charge in [-0.15, -0.1) is 0 Å². The zero-order valence-electron chi connectivity index (χ0n) is 6.37. The van der Waals surface area contributed by atoms with Crippen LogP contribution in [0.25, 0.3) is 0 Å². The molecule has 64 valence electrons. The lowest BCUT2D eigenvalue weighted by atomic mass is 10.3. The molecule has 1 rings (SSSR count). The summed E-state index contributed by atoms with van der Waals surface area (Å²) >= 11 is 0. The lowest BCUT2D eigenvalue weighted by Gasteiger charge is -1.99. The van der Waals surface area contributed by atoms with Crippen molar-refractivity contribution in [3.63, 3.8) is 0 Å². The fourth-order valence-corrected chi connectivity index (χ4v) is 0.655. The summed E-state index contributed by atoms with van der Waals surface area (Å²) in [5.74, 6) is -0.985. The molecule has 0 unspecified atom stereocenters. The minimum atomic E-state index is -0.502. The highest BCUT2D eigenvalue weighted by Crippen LogP contribution is 1.97. The molecule has 1 heterocycles. The molecular formula is C7H7FN2O2. The number of pyridine rings is 1. The molecule has 0 aliphatic carbocycles. The lowest BCUT2D eigenvalue weighted by Crippen LogP contribution is -2.22. The highest BCUT2D eigenvalue weighted by molar-refractivity contribution is 5.91. The van der Waals surface area contributed by atoms with Gasteiger partial charge in [-0.1, -0.05) is 0 Å². The molecule has 1 aromatic heterocycles. The van der Waals surface area contributed by atoms with Gasteiger partial charge in [0.25, 0.3) is 5.91 Å². The van der Waals surface area contributed by atoms with Gasteiger partial charge in [0.05, 0.1) is 13.3 Å². The summed E-state index contributed by atoms with van der Waals surface area (Å²) in [5.41, 5.74) is 2.17. The van der Waals surface area contributed by atoms with Gasteiger partial charge in [-0.2, -0.15) is 0 Å². The van der Waals surface area contributed by atoms with Crippen molar-refractivity contribution >= 4 is 5.91 Å². The van der Waals surface area contributed by atoms with E-state index in [0.717, 1.165) is 12.3 Å². The maximum atomic E-state index is 12.3. The smallest absolute Gasteiger partial charge is 0.277 e. The van der Waals surface area contributed by atoms with Gasteiger partial charge in [-0.25, -0.2) is 14.9 Å². The first-order chi connectivity index (χ1) is 5.74. The minimum absolute atomic E-state index is 0.109. The first-order valence-electron chi connectivity index (χ1n) is 3.19. The van der Waals surface area contributed by atoms with E-state index in [0.29, 0.717) is 0 Å². The van der Waals surface area contributed by atoms with Crippen LogP contribution in [-0.2, 0) is 4.84 Å². The van der Waals surface area contributed by atoms with Crippen molar-refractivity contribution in [1.29, 1.82) is 0 Å². The summed E-state index contributed by atoms with van der Waals surface area (Å²) in [4.78, 5) is 18.8. The van der Waals surface area contributed by atoms with Gasteiger partial charge in [0.15, 0.2) is 0 Å². The fourth-order valence-electron chi connectivity index (χ4n) is 0.655. The van der Waals surface area contributed by atoms with Crippen molar-refractivity contribution in [3.05, 3.63) is 29.8 Å². The van der Waals surface area contributed by atoms with E-state index in [-0.39, 0.29) is 5.69 Å². The average molecular weight is 170 g/mol. The molecule has 1 N–H and O–H groups in total. The van der Waals surface area contributed by atoms with Gasteiger partial charge in [0, 0.05) is 0 Å². The summed E-state index contributed by atoms with van der Waals surface area (Å²) in [7, 11) is 1.31. The average Bonchev–Trinajstić information content (AvgIpc) is 2.06. The molecule has 0 aliphatic heterocycles. The second-order valence-corrected chi connectivity index (χ2v) is 2.00. The van der Waals surface area contributed by atoms with Gasteiger partial charge >= 0.3 is 0 Å². The van der Waals surface area contributed by atoms with E-state index in [4.69, 9.17) is 0 Å². The fraction of sp³-hybridized carbons (Fsp3) is 0.143. The molecule has 0 saturated heterocycles. The number of nitrogens with zero attached hydrogens (tertiary/aromatic N) is 1. The summed E-state index contributed by atoms with van der Waals surface area (Å²) < 4.78 is 12.3. The van der Waals surface area contributed by atoms with E-state index >= 15 is 0 Å². The molecule has 0 atom stereocenters. The predicted octanol–water partition coefficient (Wildman–Crippen LogP) is 0.512. The minimum Gasteiger partial charge on any atom is -0.277 e. The Morgan fingerprint density at radius 1 is 1.67 bits per heavy atom. The number of rotatable bonds is 2.